The van der Waals surface area contributed by atoms with Crippen LogP contribution in [0.4, 0.5) is 0 Å². The molecule has 1 rings (SSSR count). The molecule has 1 aromatic rings. The molecule has 0 atom stereocenters. The van der Waals surface area contributed by atoms with Crippen LogP contribution in [0.5, 0.6) is 0 Å². The van der Waals surface area contributed by atoms with Gasteiger partial charge in [-0.25, -0.2) is 4.98 Å². The van der Waals surface area contributed by atoms with Gasteiger partial charge in [-0.3, -0.25) is 9.78 Å². The van der Waals surface area contributed by atoms with Crippen molar-refractivity contribution in [2.75, 3.05) is 7.11 Å². The first kappa shape index (κ1) is 9.80. The number of aromatic nitrogens is 2. The SMILES string of the molecule is COC(C)(C)C(=O)c1cnccn1. The van der Waals surface area contributed by atoms with Crippen LogP contribution < -0.4 is 0 Å². The molecule has 0 aliphatic rings. The molecule has 0 saturated heterocycles. The third kappa shape index (κ3) is 2.09. The molecule has 1 aromatic heterocycles. The quantitative estimate of drug-likeness (QED) is 0.653. The molecule has 0 unspecified atom stereocenters. The number of Topliss-reactive ketones (excluding diaryl/α,β-unsaturated/α-hetero) is 1. The van der Waals surface area contributed by atoms with E-state index in [4.69, 9.17) is 4.74 Å². The number of hydrogen-bond acceptors (Lipinski definition) is 4. The van der Waals surface area contributed by atoms with E-state index in [0.717, 1.165) is 0 Å². The number of rotatable bonds is 3. The van der Waals surface area contributed by atoms with Gasteiger partial charge in [0.1, 0.15) is 11.3 Å². The van der Waals surface area contributed by atoms with Gasteiger partial charge in [0.25, 0.3) is 0 Å². The molecule has 0 saturated carbocycles. The highest BCUT2D eigenvalue weighted by molar-refractivity contribution is 6.00. The van der Waals surface area contributed by atoms with E-state index in [2.05, 4.69) is 9.97 Å². The highest BCUT2D eigenvalue weighted by atomic mass is 16.5. The smallest absolute Gasteiger partial charge is 0.213 e. The van der Waals surface area contributed by atoms with E-state index < -0.39 is 5.60 Å². The number of carbonyl (C=O) groups excluding carboxylic acids is 1. The van der Waals surface area contributed by atoms with Crippen LogP contribution in [-0.4, -0.2) is 28.5 Å². The van der Waals surface area contributed by atoms with Crippen molar-refractivity contribution in [1.29, 1.82) is 0 Å². The van der Waals surface area contributed by atoms with Gasteiger partial charge >= 0.3 is 0 Å². The number of ether oxygens (including phenoxy) is 1. The molecule has 13 heavy (non-hydrogen) atoms. The summed E-state index contributed by atoms with van der Waals surface area (Å²) >= 11 is 0. The summed E-state index contributed by atoms with van der Waals surface area (Å²) in [5.41, 5.74) is -0.509. The van der Waals surface area contributed by atoms with Crippen LogP contribution in [0.2, 0.25) is 0 Å². The Morgan fingerprint density at radius 2 is 2.15 bits per heavy atom. The van der Waals surface area contributed by atoms with Crippen molar-refractivity contribution >= 4 is 5.78 Å². The summed E-state index contributed by atoms with van der Waals surface area (Å²) in [6.07, 6.45) is 4.44. The maximum Gasteiger partial charge on any atom is 0.213 e. The van der Waals surface area contributed by atoms with Crippen molar-refractivity contribution < 1.29 is 9.53 Å². The minimum atomic E-state index is -0.837. The number of hydrogen-bond donors (Lipinski definition) is 0. The average Bonchev–Trinajstić information content (AvgIpc) is 2.18. The van der Waals surface area contributed by atoms with Gasteiger partial charge in [0.15, 0.2) is 0 Å². The fourth-order valence-corrected chi connectivity index (χ4v) is 0.817. The Kier molecular flexibility index (Phi) is 2.72. The zero-order valence-corrected chi connectivity index (χ0v) is 7.94. The third-order valence-electron chi connectivity index (χ3n) is 1.85. The zero-order chi connectivity index (χ0) is 9.90. The second-order valence-corrected chi connectivity index (χ2v) is 3.13. The summed E-state index contributed by atoms with van der Waals surface area (Å²) in [5.74, 6) is -0.164. The van der Waals surface area contributed by atoms with Crippen molar-refractivity contribution in [2.45, 2.75) is 19.4 Å². The molecular weight excluding hydrogens is 168 g/mol. The molecule has 0 aliphatic carbocycles. The Morgan fingerprint density at radius 3 is 2.62 bits per heavy atom. The van der Waals surface area contributed by atoms with Gasteiger partial charge in [0.2, 0.25) is 5.78 Å². The Hall–Kier alpha value is -1.29. The largest absolute Gasteiger partial charge is 0.371 e. The van der Waals surface area contributed by atoms with E-state index in [1.165, 1.54) is 25.7 Å². The second kappa shape index (κ2) is 3.62. The van der Waals surface area contributed by atoms with E-state index in [-0.39, 0.29) is 5.78 Å². The monoisotopic (exact) mass is 180 g/mol. The van der Waals surface area contributed by atoms with Crippen LogP contribution in [0.25, 0.3) is 0 Å². The van der Waals surface area contributed by atoms with Crippen LogP contribution in [0.1, 0.15) is 24.3 Å². The topological polar surface area (TPSA) is 52.1 Å². The molecule has 4 nitrogen and oxygen atoms in total. The molecule has 0 aliphatic heterocycles. The molecule has 0 aromatic carbocycles. The van der Waals surface area contributed by atoms with Crippen LogP contribution >= 0.6 is 0 Å². The van der Waals surface area contributed by atoms with Gasteiger partial charge in [0.05, 0.1) is 6.20 Å². The van der Waals surface area contributed by atoms with Gasteiger partial charge in [0, 0.05) is 19.5 Å². The predicted octanol–water partition coefficient (Wildman–Crippen LogP) is 1.08. The normalized spacial score (nSPS) is 11.3. The molecule has 1 heterocycles. The molecular formula is C9H12N2O2. The van der Waals surface area contributed by atoms with E-state index in [1.807, 2.05) is 0 Å². The fourth-order valence-electron chi connectivity index (χ4n) is 0.817. The second-order valence-electron chi connectivity index (χ2n) is 3.13. The minimum absolute atomic E-state index is 0.164. The Morgan fingerprint density at radius 1 is 1.46 bits per heavy atom. The van der Waals surface area contributed by atoms with E-state index in [0.29, 0.717) is 5.69 Å². The van der Waals surface area contributed by atoms with Gasteiger partial charge in [-0.15, -0.1) is 0 Å². The van der Waals surface area contributed by atoms with Crippen molar-refractivity contribution in [1.82, 2.24) is 9.97 Å². The number of carbonyl (C=O) groups is 1. The van der Waals surface area contributed by atoms with Gasteiger partial charge < -0.3 is 4.74 Å². The molecule has 0 N–H and O–H groups in total. The summed E-state index contributed by atoms with van der Waals surface area (Å²) < 4.78 is 5.04. The lowest BCUT2D eigenvalue weighted by molar-refractivity contribution is 0.0223. The minimum Gasteiger partial charge on any atom is -0.371 e. The van der Waals surface area contributed by atoms with Crippen molar-refractivity contribution in [3.8, 4) is 0 Å². The summed E-state index contributed by atoms with van der Waals surface area (Å²) in [6.45, 7) is 3.40. The maximum atomic E-state index is 11.7. The first-order valence-electron chi connectivity index (χ1n) is 3.94. The fraction of sp³-hybridized carbons (Fsp3) is 0.444. The van der Waals surface area contributed by atoms with E-state index >= 15 is 0 Å². The molecule has 0 radical (unpaired) electrons. The van der Waals surface area contributed by atoms with Crippen molar-refractivity contribution in [3.05, 3.63) is 24.3 Å². The van der Waals surface area contributed by atoms with Crippen LogP contribution in [0.3, 0.4) is 0 Å². The predicted molar refractivity (Wildman–Crippen MR) is 47.5 cm³/mol. The lowest BCUT2D eigenvalue weighted by atomic mass is 10.0. The highest BCUT2D eigenvalue weighted by Gasteiger charge is 2.29. The highest BCUT2D eigenvalue weighted by Crippen LogP contribution is 2.13. The number of methoxy groups -OCH3 is 1. The number of ketones is 1. The first-order chi connectivity index (χ1) is 6.08. The van der Waals surface area contributed by atoms with Gasteiger partial charge in [-0.05, 0) is 13.8 Å². The molecule has 0 spiro atoms. The third-order valence-corrected chi connectivity index (χ3v) is 1.85. The molecule has 0 fully saturated rings. The molecule has 0 bridgehead atoms. The van der Waals surface area contributed by atoms with Gasteiger partial charge in [-0.1, -0.05) is 0 Å². The molecule has 4 heteroatoms. The molecule has 0 amide bonds. The first-order valence-corrected chi connectivity index (χ1v) is 3.94. The summed E-state index contributed by atoms with van der Waals surface area (Å²) in [6, 6.07) is 0. The van der Waals surface area contributed by atoms with Crippen molar-refractivity contribution in [2.24, 2.45) is 0 Å². The number of nitrogens with zero attached hydrogens (tertiary/aromatic N) is 2. The standard InChI is InChI=1S/C9H12N2O2/c1-9(2,13-3)8(12)7-6-10-4-5-11-7/h4-6H,1-3H3. The van der Waals surface area contributed by atoms with Crippen LogP contribution in [0.15, 0.2) is 18.6 Å². The lowest BCUT2D eigenvalue weighted by Crippen LogP contribution is -2.34. The maximum absolute atomic E-state index is 11.7. The van der Waals surface area contributed by atoms with Crippen LogP contribution in [-0.2, 0) is 4.74 Å². The summed E-state index contributed by atoms with van der Waals surface area (Å²) in [4.78, 5) is 19.4. The summed E-state index contributed by atoms with van der Waals surface area (Å²) in [5, 5.41) is 0. The lowest BCUT2D eigenvalue weighted by Gasteiger charge is -2.19. The Balaban J connectivity index is 2.93. The van der Waals surface area contributed by atoms with Gasteiger partial charge in [-0.2, -0.15) is 0 Å². The summed E-state index contributed by atoms with van der Waals surface area (Å²) in [7, 11) is 1.49. The van der Waals surface area contributed by atoms with E-state index in [9.17, 15) is 4.79 Å². The Labute approximate surface area is 77.0 Å². The Bertz CT molecular complexity index is 296. The van der Waals surface area contributed by atoms with Crippen molar-refractivity contribution in [3.63, 3.8) is 0 Å². The molecule has 70 valence electrons. The van der Waals surface area contributed by atoms with Crippen LogP contribution in [0, 0.1) is 0 Å². The van der Waals surface area contributed by atoms with E-state index in [1.54, 1.807) is 13.8 Å². The average molecular weight is 180 g/mol. The zero-order valence-electron chi connectivity index (χ0n) is 7.94.